The first-order valence-electron chi connectivity index (χ1n) is 4.82. The van der Waals surface area contributed by atoms with Crippen molar-refractivity contribution in [2.45, 2.75) is 0 Å². The van der Waals surface area contributed by atoms with Crippen molar-refractivity contribution in [2.24, 2.45) is 5.73 Å². The van der Waals surface area contributed by atoms with Crippen LogP contribution in [-0.4, -0.2) is 22.0 Å². The SMILES string of the molecule is NC(=O)c1cnn(-c2c(F)cc(C=O)cc2F)c1. The summed E-state index contributed by atoms with van der Waals surface area (Å²) in [5.74, 6) is -2.68. The number of rotatable bonds is 3. The van der Waals surface area contributed by atoms with Crippen LogP contribution in [0.25, 0.3) is 5.69 Å². The molecule has 0 spiro atoms. The number of hydrogen-bond acceptors (Lipinski definition) is 3. The zero-order chi connectivity index (χ0) is 13.3. The second-order valence-electron chi connectivity index (χ2n) is 3.49. The van der Waals surface area contributed by atoms with Crippen molar-refractivity contribution >= 4 is 12.2 Å². The number of nitrogens with two attached hydrogens (primary N) is 1. The Hall–Kier alpha value is -2.57. The maximum absolute atomic E-state index is 13.6. The van der Waals surface area contributed by atoms with E-state index in [1.807, 2.05) is 0 Å². The predicted molar refractivity (Wildman–Crippen MR) is 57.4 cm³/mol. The van der Waals surface area contributed by atoms with Crippen LogP contribution in [0.4, 0.5) is 8.78 Å². The number of halogens is 2. The molecule has 0 saturated carbocycles. The van der Waals surface area contributed by atoms with Gasteiger partial charge in [-0.1, -0.05) is 0 Å². The average Bonchev–Trinajstić information content (AvgIpc) is 2.77. The zero-order valence-electron chi connectivity index (χ0n) is 8.93. The van der Waals surface area contributed by atoms with Gasteiger partial charge in [0.2, 0.25) is 0 Å². The lowest BCUT2D eigenvalue weighted by atomic mass is 10.2. The van der Waals surface area contributed by atoms with E-state index in [1.54, 1.807) is 0 Å². The largest absolute Gasteiger partial charge is 0.366 e. The van der Waals surface area contributed by atoms with Gasteiger partial charge in [0, 0.05) is 11.8 Å². The molecule has 0 aliphatic carbocycles. The molecule has 0 fully saturated rings. The summed E-state index contributed by atoms with van der Waals surface area (Å²) >= 11 is 0. The maximum atomic E-state index is 13.6. The molecule has 1 amide bonds. The van der Waals surface area contributed by atoms with Gasteiger partial charge in [-0.15, -0.1) is 0 Å². The zero-order valence-corrected chi connectivity index (χ0v) is 8.93. The molecule has 2 N–H and O–H groups in total. The number of nitrogens with zero attached hydrogens (tertiary/aromatic N) is 2. The first kappa shape index (κ1) is 11.9. The van der Waals surface area contributed by atoms with Crippen LogP contribution in [0.15, 0.2) is 24.5 Å². The van der Waals surface area contributed by atoms with Crippen LogP contribution < -0.4 is 5.73 Å². The molecular weight excluding hydrogens is 244 g/mol. The molecule has 0 radical (unpaired) electrons. The van der Waals surface area contributed by atoms with Gasteiger partial charge in [-0.25, -0.2) is 13.5 Å². The predicted octanol–water partition coefficient (Wildman–Crippen LogP) is 1.06. The number of primary amides is 1. The molecular formula is C11H7F2N3O2. The third-order valence-corrected chi connectivity index (χ3v) is 2.27. The molecule has 0 unspecified atom stereocenters. The maximum Gasteiger partial charge on any atom is 0.251 e. The van der Waals surface area contributed by atoms with E-state index < -0.39 is 23.2 Å². The average molecular weight is 251 g/mol. The van der Waals surface area contributed by atoms with Crippen LogP contribution >= 0.6 is 0 Å². The van der Waals surface area contributed by atoms with Crippen molar-refractivity contribution in [3.05, 3.63) is 47.3 Å². The molecule has 7 heteroatoms. The van der Waals surface area contributed by atoms with Crippen LogP contribution in [0.2, 0.25) is 0 Å². The second-order valence-corrected chi connectivity index (χ2v) is 3.49. The summed E-state index contributed by atoms with van der Waals surface area (Å²) in [5, 5.41) is 3.63. The topological polar surface area (TPSA) is 78.0 Å². The lowest BCUT2D eigenvalue weighted by Crippen LogP contribution is -2.09. The van der Waals surface area contributed by atoms with Crippen molar-refractivity contribution in [1.29, 1.82) is 0 Å². The molecule has 1 aromatic carbocycles. The summed E-state index contributed by atoms with van der Waals surface area (Å²) in [5.41, 5.74) is 4.42. The Kier molecular flexibility index (Phi) is 2.88. The number of aromatic nitrogens is 2. The van der Waals surface area contributed by atoms with Gasteiger partial charge in [-0.2, -0.15) is 5.10 Å². The van der Waals surface area contributed by atoms with Crippen LogP contribution in [0.1, 0.15) is 20.7 Å². The van der Waals surface area contributed by atoms with Gasteiger partial charge >= 0.3 is 0 Å². The van der Waals surface area contributed by atoms with Crippen LogP contribution in [0.3, 0.4) is 0 Å². The number of carbonyl (C=O) groups excluding carboxylic acids is 2. The van der Waals surface area contributed by atoms with Gasteiger partial charge in [0.25, 0.3) is 5.91 Å². The van der Waals surface area contributed by atoms with Crippen molar-refractivity contribution in [3.8, 4) is 5.69 Å². The normalized spacial score (nSPS) is 10.3. The number of hydrogen-bond donors (Lipinski definition) is 1. The fraction of sp³-hybridized carbons (Fsp3) is 0. The van der Waals surface area contributed by atoms with Crippen LogP contribution in [0.5, 0.6) is 0 Å². The lowest BCUT2D eigenvalue weighted by molar-refractivity contribution is 0.1000. The monoisotopic (exact) mass is 251 g/mol. The Bertz CT molecular complexity index is 614. The highest BCUT2D eigenvalue weighted by Crippen LogP contribution is 2.19. The minimum atomic E-state index is -0.962. The Labute approximate surface area is 99.8 Å². The van der Waals surface area contributed by atoms with E-state index in [9.17, 15) is 18.4 Å². The Balaban J connectivity index is 2.56. The van der Waals surface area contributed by atoms with Crippen molar-refractivity contribution in [1.82, 2.24) is 9.78 Å². The van der Waals surface area contributed by atoms with E-state index >= 15 is 0 Å². The van der Waals surface area contributed by atoms with Crippen LogP contribution in [0, 0.1) is 11.6 Å². The van der Waals surface area contributed by atoms with Gasteiger partial charge in [0.1, 0.15) is 12.0 Å². The van der Waals surface area contributed by atoms with Gasteiger partial charge < -0.3 is 5.73 Å². The molecule has 92 valence electrons. The van der Waals surface area contributed by atoms with Gasteiger partial charge in [0.05, 0.1) is 11.8 Å². The molecule has 0 saturated heterocycles. The molecule has 2 aromatic rings. The van der Waals surface area contributed by atoms with Gasteiger partial charge in [0.15, 0.2) is 11.6 Å². The highest BCUT2D eigenvalue weighted by molar-refractivity contribution is 5.92. The van der Waals surface area contributed by atoms with Crippen molar-refractivity contribution in [2.75, 3.05) is 0 Å². The first-order valence-corrected chi connectivity index (χ1v) is 4.82. The van der Waals surface area contributed by atoms with E-state index in [-0.39, 0.29) is 11.1 Å². The molecule has 2 rings (SSSR count). The van der Waals surface area contributed by atoms with E-state index in [0.29, 0.717) is 6.29 Å². The number of aldehydes is 1. The number of amides is 1. The fourth-order valence-electron chi connectivity index (χ4n) is 1.44. The van der Waals surface area contributed by atoms with Crippen molar-refractivity contribution in [3.63, 3.8) is 0 Å². The smallest absolute Gasteiger partial charge is 0.251 e. The second kappa shape index (κ2) is 4.36. The molecule has 0 aliphatic rings. The summed E-state index contributed by atoms with van der Waals surface area (Å²) in [6.45, 7) is 0. The Morgan fingerprint density at radius 3 is 2.39 bits per heavy atom. The summed E-state index contributed by atoms with van der Waals surface area (Å²) in [6, 6.07) is 1.74. The van der Waals surface area contributed by atoms with E-state index in [2.05, 4.69) is 5.10 Å². The summed E-state index contributed by atoms with van der Waals surface area (Å²) < 4.78 is 28.1. The molecule has 18 heavy (non-hydrogen) atoms. The molecule has 0 aliphatic heterocycles. The summed E-state index contributed by atoms with van der Waals surface area (Å²) in [7, 11) is 0. The third kappa shape index (κ3) is 1.97. The molecule has 1 heterocycles. The molecule has 1 aromatic heterocycles. The van der Waals surface area contributed by atoms with Crippen LogP contribution in [-0.2, 0) is 0 Å². The van der Waals surface area contributed by atoms with Crippen molar-refractivity contribution < 1.29 is 18.4 Å². The fourth-order valence-corrected chi connectivity index (χ4v) is 1.44. The lowest BCUT2D eigenvalue weighted by Gasteiger charge is -2.05. The van der Waals surface area contributed by atoms with E-state index in [4.69, 9.17) is 5.73 Å². The minimum absolute atomic E-state index is 0.0215. The Morgan fingerprint density at radius 2 is 1.94 bits per heavy atom. The summed E-state index contributed by atoms with van der Waals surface area (Å²) in [4.78, 5) is 21.3. The number of benzene rings is 1. The highest BCUT2D eigenvalue weighted by atomic mass is 19.1. The Morgan fingerprint density at radius 1 is 1.33 bits per heavy atom. The van der Waals surface area contributed by atoms with Gasteiger partial charge in [-0.05, 0) is 12.1 Å². The summed E-state index contributed by atoms with van der Waals surface area (Å²) in [6.07, 6.45) is 2.52. The minimum Gasteiger partial charge on any atom is -0.366 e. The standard InChI is InChI=1S/C11H7F2N3O2/c12-8-1-6(5-17)2-9(13)10(8)16-4-7(3-15-16)11(14)18/h1-5H,(H2,14,18). The number of carbonyl (C=O) groups is 2. The molecule has 5 nitrogen and oxygen atoms in total. The third-order valence-electron chi connectivity index (χ3n) is 2.27. The van der Waals surface area contributed by atoms with E-state index in [0.717, 1.165) is 29.2 Å². The molecule has 0 atom stereocenters. The quantitative estimate of drug-likeness (QED) is 0.828. The first-order chi connectivity index (χ1) is 8.52. The van der Waals surface area contributed by atoms with Gasteiger partial charge in [-0.3, -0.25) is 9.59 Å². The highest BCUT2D eigenvalue weighted by Gasteiger charge is 2.15. The molecule has 0 bridgehead atoms. The van der Waals surface area contributed by atoms with E-state index in [1.165, 1.54) is 0 Å².